The zero-order chi connectivity index (χ0) is 13.5. The molecular weight excluding hydrogens is 246 g/mol. The Morgan fingerprint density at radius 2 is 1.75 bits per heavy atom. The van der Waals surface area contributed by atoms with Gasteiger partial charge in [0.2, 0.25) is 0 Å². The predicted molar refractivity (Wildman–Crippen MR) is 80.5 cm³/mol. The van der Waals surface area contributed by atoms with Crippen LogP contribution in [0.1, 0.15) is 16.7 Å². The van der Waals surface area contributed by atoms with Gasteiger partial charge in [-0.2, -0.15) is 0 Å². The second-order valence-electron chi connectivity index (χ2n) is 5.10. The van der Waals surface area contributed by atoms with E-state index in [-0.39, 0.29) is 0 Å². The number of carbonyl (C=O) groups excluding carboxylic acids is 1. The highest BCUT2D eigenvalue weighted by Crippen LogP contribution is 2.39. The molecule has 0 amide bonds. The summed E-state index contributed by atoms with van der Waals surface area (Å²) in [6, 6.07) is 16.4. The molecule has 0 saturated heterocycles. The van der Waals surface area contributed by atoms with E-state index in [9.17, 15) is 4.79 Å². The number of aromatic nitrogens is 1. The molecule has 96 valence electrons. The molecule has 0 unspecified atom stereocenters. The normalized spacial score (nSPS) is 13.8. The predicted octanol–water partition coefficient (Wildman–Crippen LogP) is 3.72. The zero-order valence-corrected chi connectivity index (χ0v) is 10.9. The van der Waals surface area contributed by atoms with Crippen LogP contribution in [0.4, 0.5) is 0 Å². The molecule has 0 atom stereocenters. The molecule has 2 heteroatoms. The van der Waals surface area contributed by atoms with Crippen LogP contribution in [0.2, 0.25) is 0 Å². The van der Waals surface area contributed by atoms with Gasteiger partial charge in [-0.25, -0.2) is 0 Å². The molecule has 1 aromatic heterocycles. The minimum atomic E-state index is 0.731. The average molecular weight is 259 g/mol. The third-order valence-corrected chi connectivity index (χ3v) is 3.99. The van der Waals surface area contributed by atoms with Gasteiger partial charge in [0.15, 0.2) is 0 Å². The maximum absolute atomic E-state index is 11.4. The van der Waals surface area contributed by atoms with E-state index in [1.165, 1.54) is 16.5 Å². The molecule has 4 rings (SSSR count). The van der Waals surface area contributed by atoms with Gasteiger partial charge in [0.05, 0.1) is 0 Å². The summed E-state index contributed by atoms with van der Waals surface area (Å²) in [5, 5.41) is 1.17. The van der Waals surface area contributed by atoms with E-state index in [2.05, 4.69) is 29.2 Å². The Hall–Kier alpha value is -2.61. The maximum atomic E-state index is 11.4. The number of rotatable bonds is 2. The quantitative estimate of drug-likeness (QED) is 0.699. The minimum Gasteiger partial charge on any atom is -0.361 e. The number of hydrogen-bond donors (Lipinski definition) is 1. The largest absolute Gasteiger partial charge is 0.361 e. The summed E-state index contributed by atoms with van der Waals surface area (Å²) < 4.78 is 0. The fraction of sp³-hybridized carbons (Fsp3) is 0.0556. The number of H-pyrrole nitrogens is 1. The maximum Gasteiger partial charge on any atom is 0.147 e. The lowest BCUT2D eigenvalue weighted by molar-refractivity contribution is -0.104. The van der Waals surface area contributed by atoms with Crippen molar-refractivity contribution in [1.82, 2.24) is 4.98 Å². The lowest BCUT2D eigenvalue weighted by atomic mass is 9.97. The van der Waals surface area contributed by atoms with E-state index >= 15 is 0 Å². The summed E-state index contributed by atoms with van der Waals surface area (Å²) in [5.74, 6) is 0. The van der Waals surface area contributed by atoms with Gasteiger partial charge in [-0.05, 0) is 22.8 Å². The van der Waals surface area contributed by atoms with Crippen molar-refractivity contribution in [3.05, 3.63) is 77.0 Å². The Kier molecular flexibility index (Phi) is 2.36. The monoisotopic (exact) mass is 259 g/mol. The zero-order valence-electron chi connectivity index (χ0n) is 10.9. The molecule has 2 aromatic carbocycles. The van der Waals surface area contributed by atoms with Gasteiger partial charge >= 0.3 is 0 Å². The number of aromatic amines is 1. The molecule has 1 aliphatic rings. The molecule has 1 N–H and O–H groups in total. The molecule has 1 heterocycles. The molecule has 0 spiro atoms. The van der Waals surface area contributed by atoms with Crippen LogP contribution in [-0.2, 0) is 11.2 Å². The van der Waals surface area contributed by atoms with Crippen LogP contribution < -0.4 is 0 Å². The fourth-order valence-electron chi connectivity index (χ4n) is 3.08. The summed E-state index contributed by atoms with van der Waals surface area (Å²) >= 11 is 0. The van der Waals surface area contributed by atoms with Crippen molar-refractivity contribution in [2.45, 2.75) is 6.42 Å². The van der Waals surface area contributed by atoms with Crippen molar-refractivity contribution >= 4 is 22.8 Å². The number of aldehydes is 1. The van der Waals surface area contributed by atoms with Crippen LogP contribution in [-0.4, -0.2) is 11.3 Å². The number of nitrogens with one attached hydrogen (secondary N) is 1. The number of benzene rings is 2. The van der Waals surface area contributed by atoms with E-state index in [0.717, 1.165) is 34.9 Å². The second kappa shape index (κ2) is 4.20. The smallest absolute Gasteiger partial charge is 0.147 e. The van der Waals surface area contributed by atoms with Crippen LogP contribution in [0, 0.1) is 0 Å². The summed E-state index contributed by atoms with van der Waals surface area (Å²) in [6.07, 6.45) is 3.73. The summed E-state index contributed by atoms with van der Waals surface area (Å²) in [4.78, 5) is 14.7. The Morgan fingerprint density at radius 3 is 2.65 bits per heavy atom. The SMILES string of the molecule is O=CC1=C(c2c[nH]c3ccccc23)c2ccccc2C1. The lowest BCUT2D eigenvalue weighted by Crippen LogP contribution is -1.88. The van der Waals surface area contributed by atoms with Crippen LogP contribution in [0.3, 0.4) is 0 Å². The molecule has 20 heavy (non-hydrogen) atoms. The van der Waals surface area contributed by atoms with Gasteiger partial charge in [0.25, 0.3) is 0 Å². The average Bonchev–Trinajstić information content (AvgIpc) is 3.07. The highest BCUT2D eigenvalue weighted by Gasteiger charge is 2.23. The van der Waals surface area contributed by atoms with E-state index < -0.39 is 0 Å². The van der Waals surface area contributed by atoms with Crippen LogP contribution in [0.25, 0.3) is 16.5 Å². The van der Waals surface area contributed by atoms with Gasteiger partial charge in [0.1, 0.15) is 6.29 Å². The molecule has 0 bridgehead atoms. The first-order chi connectivity index (χ1) is 9.88. The van der Waals surface area contributed by atoms with Gasteiger partial charge in [-0.1, -0.05) is 42.5 Å². The highest BCUT2D eigenvalue weighted by atomic mass is 16.1. The molecule has 2 nitrogen and oxygen atoms in total. The number of fused-ring (bicyclic) bond motifs is 2. The first-order valence-corrected chi connectivity index (χ1v) is 6.71. The Morgan fingerprint density at radius 1 is 0.950 bits per heavy atom. The number of carbonyl (C=O) groups is 1. The van der Waals surface area contributed by atoms with E-state index in [1.807, 2.05) is 30.5 Å². The molecular formula is C18H13NO. The molecule has 0 radical (unpaired) electrons. The molecule has 0 aliphatic heterocycles. The first kappa shape index (κ1) is 11.2. The number of para-hydroxylation sites is 1. The van der Waals surface area contributed by atoms with Crippen LogP contribution in [0.15, 0.2) is 60.3 Å². The minimum absolute atomic E-state index is 0.731. The third kappa shape index (κ3) is 1.48. The Balaban J connectivity index is 2.03. The Bertz CT molecular complexity index is 854. The molecule has 3 aromatic rings. The second-order valence-corrected chi connectivity index (χ2v) is 5.10. The van der Waals surface area contributed by atoms with Crippen molar-refractivity contribution < 1.29 is 4.79 Å². The summed E-state index contributed by atoms with van der Waals surface area (Å²) in [5.41, 5.74) is 6.58. The fourth-order valence-corrected chi connectivity index (χ4v) is 3.08. The number of hydrogen-bond acceptors (Lipinski definition) is 1. The standard InChI is InChI=1S/C18H13NO/c20-11-13-9-12-5-1-2-6-14(12)18(13)16-10-19-17-8-4-3-7-15(16)17/h1-8,10-11,19H,9H2. The molecule has 0 saturated carbocycles. The first-order valence-electron chi connectivity index (χ1n) is 6.71. The topological polar surface area (TPSA) is 32.9 Å². The molecule has 0 fully saturated rings. The van der Waals surface area contributed by atoms with Crippen molar-refractivity contribution in [1.29, 1.82) is 0 Å². The third-order valence-electron chi connectivity index (χ3n) is 3.99. The van der Waals surface area contributed by atoms with Crippen molar-refractivity contribution in [2.75, 3.05) is 0 Å². The number of allylic oxidation sites excluding steroid dienone is 1. The van der Waals surface area contributed by atoms with Gasteiger partial charge < -0.3 is 4.98 Å². The van der Waals surface area contributed by atoms with E-state index in [4.69, 9.17) is 0 Å². The van der Waals surface area contributed by atoms with Crippen molar-refractivity contribution in [3.63, 3.8) is 0 Å². The van der Waals surface area contributed by atoms with E-state index in [0.29, 0.717) is 0 Å². The van der Waals surface area contributed by atoms with E-state index in [1.54, 1.807) is 0 Å². The van der Waals surface area contributed by atoms with Crippen LogP contribution >= 0.6 is 0 Å². The van der Waals surface area contributed by atoms with Gasteiger partial charge in [-0.15, -0.1) is 0 Å². The van der Waals surface area contributed by atoms with Crippen molar-refractivity contribution in [3.8, 4) is 0 Å². The summed E-state index contributed by atoms with van der Waals surface area (Å²) in [7, 11) is 0. The lowest BCUT2D eigenvalue weighted by Gasteiger charge is -2.05. The summed E-state index contributed by atoms with van der Waals surface area (Å²) in [6.45, 7) is 0. The highest BCUT2D eigenvalue weighted by molar-refractivity contribution is 6.05. The Labute approximate surface area is 116 Å². The van der Waals surface area contributed by atoms with Gasteiger partial charge in [-0.3, -0.25) is 4.79 Å². The van der Waals surface area contributed by atoms with Gasteiger partial charge in [0, 0.05) is 34.7 Å². The molecule has 1 aliphatic carbocycles. The van der Waals surface area contributed by atoms with Crippen LogP contribution in [0.5, 0.6) is 0 Å². The van der Waals surface area contributed by atoms with Crippen molar-refractivity contribution in [2.24, 2.45) is 0 Å².